The van der Waals surface area contributed by atoms with Crippen molar-refractivity contribution in [3.05, 3.63) is 58.6 Å². The Balaban J connectivity index is 1.79. The maximum atomic E-state index is 12.3. The summed E-state index contributed by atoms with van der Waals surface area (Å²) in [6.45, 7) is 2.70. The van der Waals surface area contributed by atoms with Crippen molar-refractivity contribution < 1.29 is 9.59 Å². The van der Waals surface area contributed by atoms with Crippen molar-refractivity contribution in [2.24, 2.45) is 0 Å². The van der Waals surface area contributed by atoms with Gasteiger partial charge in [-0.2, -0.15) is 0 Å². The topological polar surface area (TPSA) is 49.4 Å². The summed E-state index contributed by atoms with van der Waals surface area (Å²) in [7, 11) is 0. The van der Waals surface area contributed by atoms with E-state index in [-0.39, 0.29) is 11.8 Å². The maximum absolute atomic E-state index is 12.3. The molecule has 4 nitrogen and oxygen atoms in total. The molecule has 1 aliphatic rings. The molecule has 0 aliphatic carbocycles. The number of benzene rings is 2. The van der Waals surface area contributed by atoms with Crippen LogP contribution in [0, 0.1) is 6.92 Å². The van der Waals surface area contributed by atoms with E-state index in [1.807, 2.05) is 30.0 Å². The second-order valence-corrected chi connectivity index (χ2v) is 6.34. The zero-order valence-electron chi connectivity index (χ0n) is 13.5. The smallest absolute Gasteiger partial charge is 0.257 e. The molecule has 2 aromatic carbocycles. The quantitative estimate of drug-likeness (QED) is 0.897. The Morgan fingerprint density at radius 1 is 1.17 bits per heavy atom. The first-order valence-corrected chi connectivity index (χ1v) is 8.41. The lowest BCUT2D eigenvalue weighted by molar-refractivity contribution is -0.119. The minimum absolute atomic E-state index is 0.164. The molecule has 0 aromatic heterocycles. The third-order valence-corrected chi connectivity index (χ3v) is 4.52. The minimum atomic E-state index is -0.248. The summed E-state index contributed by atoms with van der Waals surface area (Å²) in [5, 5.41) is 3.27. The zero-order chi connectivity index (χ0) is 17.1. The van der Waals surface area contributed by atoms with Crippen LogP contribution in [0.25, 0.3) is 0 Å². The molecule has 1 saturated heterocycles. The van der Waals surface area contributed by atoms with Crippen LogP contribution in [0.15, 0.2) is 42.5 Å². The number of nitrogens with zero attached hydrogens (tertiary/aromatic N) is 1. The summed E-state index contributed by atoms with van der Waals surface area (Å²) in [5.74, 6) is -0.0843. The van der Waals surface area contributed by atoms with Gasteiger partial charge in [-0.25, -0.2) is 0 Å². The van der Waals surface area contributed by atoms with Gasteiger partial charge < -0.3 is 10.2 Å². The van der Waals surface area contributed by atoms with E-state index in [2.05, 4.69) is 5.32 Å². The lowest BCUT2D eigenvalue weighted by Crippen LogP contribution is -2.35. The van der Waals surface area contributed by atoms with Gasteiger partial charge in [0.05, 0.1) is 10.6 Å². The summed E-state index contributed by atoms with van der Waals surface area (Å²) in [4.78, 5) is 26.2. The lowest BCUT2D eigenvalue weighted by Gasteiger charge is -2.28. The second-order valence-electron chi connectivity index (χ2n) is 5.94. The first-order chi connectivity index (χ1) is 11.6. The predicted molar refractivity (Wildman–Crippen MR) is 96.8 cm³/mol. The number of aryl methyl sites for hydroxylation is 1. The van der Waals surface area contributed by atoms with Crippen LogP contribution in [0.4, 0.5) is 11.4 Å². The molecule has 0 bridgehead atoms. The molecule has 2 amide bonds. The average molecular weight is 343 g/mol. The molecule has 0 radical (unpaired) electrons. The van der Waals surface area contributed by atoms with Crippen LogP contribution in [0.5, 0.6) is 0 Å². The number of piperidine rings is 1. The Hall–Kier alpha value is -2.33. The highest BCUT2D eigenvalue weighted by atomic mass is 35.5. The van der Waals surface area contributed by atoms with Crippen molar-refractivity contribution in [2.75, 3.05) is 16.8 Å². The fourth-order valence-electron chi connectivity index (χ4n) is 2.94. The molecular weight excluding hydrogens is 324 g/mol. The van der Waals surface area contributed by atoms with Crippen molar-refractivity contribution in [3.8, 4) is 0 Å². The molecule has 1 heterocycles. The number of amides is 2. The predicted octanol–water partition coefficient (Wildman–Crippen LogP) is 4.42. The fourth-order valence-corrected chi connectivity index (χ4v) is 3.16. The second kappa shape index (κ2) is 7.05. The average Bonchev–Trinajstić information content (AvgIpc) is 2.56. The monoisotopic (exact) mass is 342 g/mol. The molecule has 1 fully saturated rings. The molecule has 1 N–H and O–H groups in total. The Bertz CT molecular complexity index is 789. The SMILES string of the molecule is Cc1cc(NC(=O)c2ccccc2Cl)ccc1N1CCCCC1=O. The fraction of sp³-hybridized carbons (Fsp3) is 0.263. The van der Waals surface area contributed by atoms with Gasteiger partial charge in [-0.05, 0) is 55.7 Å². The molecule has 3 rings (SSSR count). The number of carbonyl (C=O) groups is 2. The summed E-state index contributed by atoms with van der Waals surface area (Å²) >= 11 is 6.05. The number of anilines is 2. The lowest BCUT2D eigenvalue weighted by atomic mass is 10.1. The van der Waals surface area contributed by atoms with Crippen molar-refractivity contribution in [1.29, 1.82) is 0 Å². The van der Waals surface area contributed by atoms with Crippen molar-refractivity contribution >= 4 is 34.8 Å². The largest absolute Gasteiger partial charge is 0.322 e. The van der Waals surface area contributed by atoms with E-state index >= 15 is 0 Å². The molecule has 0 spiro atoms. The Morgan fingerprint density at radius 2 is 1.96 bits per heavy atom. The highest BCUT2D eigenvalue weighted by molar-refractivity contribution is 6.34. The molecule has 24 heavy (non-hydrogen) atoms. The van der Waals surface area contributed by atoms with E-state index in [0.717, 1.165) is 30.6 Å². The van der Waals surface area contributed by atoms with Crippen LogP contribution >= 0.6 is 11.6 Å². The molecule has 5 heteroatoms. The van der Waals surface area contributed by atoms with Crippen molar-refractivity contribution in [2.45, 2.75) is 26.2 Å². The van der Waals surface area contributed by atoms with E-state index in [0.29, 0.717) is 22.7 Å². The van der Waals surface area contributed by atoms with Gasteiger partial charge in [-0.15, -0.1) is 0 Å². The Labute approximate surface area is 146 Å². The van der Waals surface area contributed by atoms with Crippen LogP contribution in [0.3, 0.4) is 0 Å². The zero-order valence-corrected chi connectivity index (χ0v) is 14.3. The van der Waals surface area contributed by atoms with Gasteiger partial charge >= 0.3 is 0 Å². The third kappa shape index (κ3) is 3.44. The van der Waals surface area contributed by atoms with E-state index in [9.17, 15) is 9.59 Å². The minimum Gasteiger partial charge on any atom is -0.322 e. The molecule has 0 atom stereocenters. The van der Waals surface area contributed by atoms with E-state index in [1.54, 1.807) is 24.3 Å². The van der Waals surface area contributed by atoms with E-state index in [1.165, 1.54) is 0 Å². The number of hydrogen-bond acceptors (Lipinski definition) is 2. The Morgan fingerprint density at radius 3 is 2.67 bits per heavy atom. The van der Waals surface area contributed by atoms with Crippen molar-refractivity contribution in [3.63, 3.8) is 0 Å². The van der Waals surface area contributed by atoms with Gasteiger partial charge in [0.15, 0.2) is 0 Å². The number of halogens is 1. The summed E-state index contributed by atoms with van der Waals surface area (Å²) in [6.07, 6.45) is 2.58. The highest BCUT2D eigenvalue weighted by Gasteiger charge is 2.21. The van der Waals surface area contributed by atoms with Crippen LogP contribution in [0.2, 0.25) is 5.02 Å². The van der Waals surface area contributed by atoms with Crippen LogP contribution < -0.4 is 10.2 Å². The number of carbonyl (C=O) groups excluding carboxylic acids is 2. The number of rotatable bonds is 3. The Kier molecular flexibility index (Phi) is 4.86. The molecule has 2 aromatic rings. The summed E-state index contributed by atoms with van der Waals surface area (Å²) < 4.78 is 0. The standard InChI is InChI=1S/C19H19ClN2O2/c1-13-12-14(21-19(24)15-6-2-3-7-16(15)20)9-10-17(13)22-11-5-4-8-18(22)23/h2-3,6-7,9-10,12H,4-5,8,11H2,1H3,(H,21,24). The molecule has 0 saturated carbocycles. The van der Waals surface area contributed by atoms with Crippen molar-refractivity contribution in [1.82, 2.24) is 0 Å². The first kappa shape index (κ1) is 16.5. The van der Waals surface area contributed by atoms with E-state index in [4.69, 9.17) is 11.6 Å². The van der Waals surface area contributed by atoms with Gasteiger partial charge in [0.2, 0.25) is 5.91 Å². The van der Waals surface area contributed by atoms with Gasteiger partial charge in [0.1, 0.15) is 0 Å². The normalized spacial score (nSPS) is 14.6. The molecule has 124 valence electrons. The van der Waals surface area contributed by atoms with Crippen LogP contribution in [-0.4, -0.2) is 18.4 Å². The molecule has 1 aliphatic heterocycles. The van der Waals surface area contributed by atoms with Gasteiger partial charge in [-0.1, -0.05) is 23.7 Å². The van der Waals surface area contributed by atoms with Gasteiger partial charge in [0, 0.05) is 24.3 Å². The highest BCUT2D eigenvalue weighted by Crippen LogP contribution is 2.27. The number of nitrogens with one attached hydrogen (secondary N) is 1. The van der Waals surface area contributed by atoms with Crippen LogP contribution in [-0.2, 0) is 4.79 Å². The summed E-state index contributed by atoms with van der Waals surface area (Å²) in [5.41, 5.74) is 3.00. The third-order valence-electron chi connectivity index (χ3n) is 4.19. The van der Waals surface area contributed by atoms with Crippen LogP contribution in [0.1, 0.15) is 35.2 Å². The van der Waals surface area contributed by atoms with Gasteiger partial charge in [0.25, 0.3) is 5.91 Å². The molecule has 0 unspecified atom stereocenters. The van der Waals surface area contributed by atoms with E-state index < -0.39 is 0 Å². The maximum Gasteiger partial charge on any atom is 0.257 e. The van der Waals surface area contributed by atoms with Gasteiger partial charge in [-0.3, -0.25) is 9.59 Å². The number of hydrogen-bond donors (Lipinski definition) is 1. The summed E-state index contributed by atoms with van der Waals surface area (Å²) in [6, 6.07) is 12.5. The first-order valence-electron chi connectivity index (χ1n) is 8.03. The molecular formula is C19H19ClN2O2.